The van der Waals surface area contributed by atoms with Crippen molar-refractivity contribution in [2.75, 3.05) is 5.32 Å². The number of aromatic nitrogens is 1. The molecule has 3 aromatic rings. The monoisotopic (exact) mass is 409 g/mol. The summed E-state index contributed by atoms with van der Waals surface area (Å²) in [4.78, 5) is 35.6. The third kappa shape index (κ3) is 3.90. The lowest BCUT2D eigenvalue weighted by molar-refractivity contribution is -0.134. The average molecular weight is 410 g/mol. The van der Waals surface area contributed by atoms with Gasteiger partial charge in [-0.3, -0.25) is 19.7 Å². The molecule has 0 spiro atoms. The Morgan fingerprint density at radius 3 is 2.62 bits per heavy atom. The first-order valence-corrected chi connectivity index (χ1v) is 9.35. The van der Waals surface area contributed by atoms with Gasteiger partial charge < -0.3 is 9.84 Å². The molecule has 2 aromatic carbocycles. The molecule has 1 fully saturated rings. The van der Waals surface area contributed by atoms with E-state index in [9.17, 15) is 14.4 Å². The first-order valence-electron chi connectivity index (χ1n) is 8.97. The first kappa shape index (κ1) is 18.9. The smallest absolute Gasteiger partial charge is 0.294 e. The van der Waals surface area contributed by atoms with E-state index in [1.165, 1.54) is 12.3 Å². The summed E-state index contributed by atoms with van der Waals surface area (Å²) in [5, 5.41) is 9.06. The van der Waals surface area contributed by atoms with Crippen LogP contribution in [0.15, 0.2) is 59.3 Å². The third-order valence-electron chi connectivity index (χ3n) is 4.76. The Morgan fingerprint density at radius 2 is 1.93 bits per heavy atom. The van der Waals surface area contributed by atoms with Crippen molar-refractivity contribution in [3.63, 3.8) is 0 Å². The van der Waals surface area contributed by atoms with Gasteiger partial charge in [0.25, 0.3) is 5.91 Å². The molecule has 146 valence electrons. The van der Waals surface area contributed by atoms with Gasteiger partial charge in [0, 0.05) is 23.7 Å². The van der Waals surface area contributed by atoms with Crippen LogP contribution in [0, 0.1) is 0 Å². The van der Waals surface area contributed by atoms with Gasteiger partial charge in [-0.05, 0) is 29.7 Å². The van der Waals surface area contributed by atoms with Crippen molar-refractivity contribution in [2.24, 2.45) is 0 Å². The highest BCUT2D eigenvalue weighted by Gasteiger charge is 2.30. The Bertz CT molecular complexity index is 1080. The lowest BCUT2D eigenvalue weighted by atomic mass is 9.88. The van der Waals surface area contributed by atoms with E-state index in [-0.39, 0.29) is 24.0 Å². The summed E-state index contributed by atoms with van der Waals surface area (Å²) in [5.41, 5.74) is 2.88. The number of hydrogen-bond acceptors (Lipinski definition) is 5. The van der Waals surface area contributed by atoms with Crippen molar-refractivity contribution in [2.45, 2.75) is 18.8 Å². The second-order valence-electron chi connectivity index (χ2n) is 6.62. The number of carbonyl (C=O) groups is 3. The number of imide groups is 1. The number of nitrogens with one attached hydrogen (secondary N) is 2. The minimum atomic E-state index is -0.458. The molecule has 0 saturated carbocycles. The van der Waals surface area contributed by atoms with Crippen LogP contribution in [0.2, 0.25) is 5.02 Å². The molecule has 1 aromatic heterocycles. The van der Waals surface area contributed by atoms with Gasteiger partial charge in [0.05, 0.1) is 17.1 Å². The quantitative estimate of drug-likeness (QED) is 0.639. The van der Waals surface area contributed by atoms with Crippen molar-refractivity contribution in [1.29, 1.82) is 0 Å². The van der Waals surface area contributed by atoms with Crippen LogP contribution in [0.1, 0.15) is 34.9 Å². The lowest BCUT2D eigenvalue weighted by Gasteiger charge is -2.23. The van der Waals surface area contributed by atoms with Crippen molar-refractivity contribution in [3.8, 4) is 11.1 Å². The Kier molecular flexibility index (Phi) is 5.14. The van der Waals surface area contributed by atoms with E-state index in [0.29, 0.717) is 22.7 Å². The molecule has 1 aliphatic heterocycles. The van der Waals surface area contributed by atoms with Gasteiger partial charge in [0.1, 0.15) is 0 Å². The largest absolute Gasteiger partial charge is 0.351 e. The van der Waals surface area contributed by atoms with Crippen molar-refractivity contribution < 1.29 is 18.9 Å². The predicted molar refractivity (Wildman–Crippen MR) is 106 cm³/mol. The number of amides is 3. The third-order valence-corrected chi connectivity index (χ3v) is 5.18. The van der Waals surface area contributed by atoms with Gasteiger partial charge in [-0.1, -0.05) is 47.1 Å². The maximum Gasteiger partial charge on any atom is 0.294 e. The summed E-state index contributed by atoms with van der Waals surface area (Å²) in [7, 11) is 0. The van der Waals surface area contributed by atoms with Crippen LogP contribution < -0.4 is 10.6 Å². The minimum Gasteiger partial charge on any atom is -0.351 e. The molecule has 1 atom stereocenters. The fourth-order valence-electron chi connectivity index (χ4n) is 3.29. The van der Waals surface area contributed by atoms with Gasteiger partial charge in [-0.2, -0.15) is 0 Å². The van der Waals surface area contributed by atoms with Crippen molar-refractivity contribution in [3.05, 3.63) is 71.1 Å². The molecule has 2 heterocycles. The Labute approximate surface area is 171 Å². The number of halogens is 1. The van der Waals surface area contributed by atoms with Gasteiger partial charge >= 0.3 is 0 Å². The van der Waals surface area contributed by atoms with E-state index in [1.807, 2.05) is 24.3 Å². The molecular formula is C21H16ClN3O4. The Morgan fingerprint density at radius 1 is 1.14 bits per heavy atom. The molecule has 29 heavy (non-hydrogen) atoms. The number of nitrogens with zero attached hydrogens (tertiary/aromatic N) is 1. The van der Waals surface area contributed by atoms with Crippen LogP contribution in [0.25, 0.3) is 11.1 Å². The highest BCUT2D eigenvalue weighted by atomic mass is 35.5. The van der Waals surface area contributed by atoms with Crippen LogP contribution in [0.4, 0.5) is 5.69 Å². The summed E-state index contributed by atoms with van der Waals surface area (Å²) in [5.74, 6) is -1.32. The number of rotatable bonds is 4. The number of benzene rings is 2. The minimum absolute atomic E-state index is 0.120. The number of piperidine rings is 1. The molecule has 7 nitrogen and oxygen atoms in total. The zero-order chi connectivity index (χ0) is 20.4. The molecule has 1 aliphatic rings. The molecule has 0 aliphatic carbocycles. The molecule has 1 saturated heterocycles. The van der Waals surface area contributed by atoms with Crippen LogP contribution in [-0.2, 0) is 9.59 Å². The summed E-state index contributed by atoms with van der Waals surface area (Å²) in [6.07, 6.45) is 2.12. The number of anilines is 1. The molecule has 1 unspecified atom stereocenters. The van der Waals surface area contributed by atoms with Crippen LogP contribution in [-0.4, -0.2) is 22.9 Å². The summed E-state index contributed by atoms with van der Waals surface area (Å²) in [6.45, 7) is 0. The second kappa shape index (κ2) is 7.89. The first-order chi connectivity index (χ1) is 14.0. The highest BCUT2D eigenvalue weighted by Crippen LogP contribution is 2.37. The Hall–Kier alpha value is -3.45. The average Bonchev–Trinajstić information content (AvgIpc) is 3.25. The van der Waals surface area contributed by atoms with E-state index < -0.39 is 11.8 Å². The lowest BCUT2D eigenvalue weighted by Crippen LogP contribution is -2.39. The fraction of sp³-hybridized carbons (Fsp3) is 0.143. The maximum absolute atomic E-state index is 12.2. The maximum atomic E-state index is 12.2. The van der Waals surface area contributed by atoms with Gasteiger partial charge in [0.2, 0.25) is 17.6 Å². The van der Waals surface area contributed by atoms with Crippen LogP contribution in [0.5, 0.6) is 0 Å². The normalized spacial score (nSPS) is 16.4. The molecule has 3 amide bonds. The predicted octanol–water partition coefficient (Wildman–Crippen LogP) is 3.77. The van der Waals surface area contributed by atoms with Crippen LogP contribution in [0.3, 0.4) is 0 Å². The zero-order valence-electron chi connectivity index (χ0n) is 15.1. The van der Waals surface area contributed by atoms with Crippen LogP contribution >= 0.6 is 11.6 Å². The molecular weight excluding hydrogens is 394 g/mol. The van der Waals surface area contributed by atoms with E-state index in [4.69, 9.17) is 16.1 Å². The molecule has 8 heteroatoms. The number of carbonyl (C=O) groups excluding carboxylic acids is 3. The standard InChI is InChI=1S/C21H16ClN3O4/c22-19-14(2-1-3-15(19)16-8-9-18(26)25-20(16)27)12-4-6-13(7-5-12)24-21(28)17-10-11-23-29-17/h1-7,10-11,16H,8-9H2,(H,24,28)(H,25,26,27). The molecule has 2 N–H and O–H groups in total. The Balaban J connectivity index is 1.56. The second-order valence-corrected chi connectivity index (χ2v) is 7.00. The molecule has 0 bridgehead atoms. The zero-order valence-corrected chi connectivity index (χ0v) is 15.9. The van der Waals surface area contributed by atoms with Gasteiger partial charge in [-0.15, -0.1) is 0 Å². The molecule has 0 radical (unpaired) electrons. The highest BCUT2D eigenvalue weighted by molar-refractivity contribution is 6.34. The van der Waals surface area contributed by atoms with Crippen molar-refractivity contribution in [1.82, 2.24) is 10.5 Å². The van der Waals surface area contributed by atoms with E-state index in [0.717, 1.165) is 11.1 Å². The fourth-order valence-corrected chi connectivity index (χ4v) is 3.66. The van der Waals surface area contributed by atoms with E-state index >= 15 is 0 Å². The molecule has 4 rings (SSSR count). The van der Waals surface area contributed by atoms with E-state index in [1.54, 1.807) is 18.2 Å². The number of hydrogen-bond donors (Lipinski definition) is 2. The SMILES string of the molecule is O=C1CCC(c2cccc(-c3ccc(NC(=O)c4ccno4)cc3)c2Cl)C(=O)N1. The topological polar surface area (TPSA) is 101 Å². The summed E-state index contributed by atoms with van der Waals surface area (Å²) >= 11 is 6.62. The van der Waals surface area contributed by atoms with Gasteiger partial charge in [0.15, 0.2) is 0 Å². The van der Waals surface area contributed by atoms with E-state index in [2.05, 4.69) is 15.8 Å². The summed E-state index contributed by atoms with van der Waals surface area (Å²) in [6, 6.07) is 14.1. The summed E-state index contributed by atoms with van der Waals surface area (Å²) < 4.78 is 4.83. The van der Waals surface area contributed by atoms with Crippen molar-refractivity contribution >= 4 is 35.0 Å². The van der Waals surface area contributed by atoms with Gasteiger partial charge in [-0.25, -0.2) is 0 Å².